The lowest BCUT2D eigenvalue weighted by Gasteiger charge is -2.09. The third-order valence-electron chi connectivity index (χ3n) is 7.74. The molecule has 0 fully saturated rings. The first-order valence-electron chi connectivity index (χ1n) is 16.6. The van der Waals surface area contributed by atoms with Gasteiger partial charge in [0.05, 0.1) is 70.5 Å². The fourth-order valence-electron chi connectivity index (χ4n) is 5.28. The Morgan fingerprint density at radius 3 is 2.22 bits per heavy atom. The molecule has 0 saturated carbocycles. The van der Waals surface area contributed by atoms with E-state index in [2.05, 4.69) is 5.32 Å². The lowest BCUT2D eigenvalue weighted by molar-refractivity contribution is -0.115. The van der Waals surface area contributed by atoms with E-state index in [0.717, 1.165) is 38.2 Å². The summed E-state index contributed by atoms with van der Waals surface area (Å²) in [7, 11) is 0. The van der Waals surface area contributed by atoms with E-state index in [1.807, 2.05) is 86.6 Å². The summed E-state index contributed by atoms with van der Waals surface area (Å²) >= 11 is 1.43. The molecule has 264 valence electrons. The van der Waals surface area contributed by atoms with Crippen LogP contribution < -0.4 is 15.8 Å². The van der Waals surface area contributed by atoms with Crippen molar-refractivity contribution in [2.75, 3.05) is 71.3 Å². The number of carbonyl (C=O) groups excluding carboxylic acids is 2. The summed E-state index contributed by atoms with van der Waals surface area (Å²) in [5, 5.41) is 4.41. The van der Waals surface area contributed by atoms with Gasteiger partial charge in [0.2, 0.25) is 5.91 Å². The lowest BCUT2D eigenvalue weighted by Crippen LogP contribution is -2.15. The quantitative estimate of drug-likeness (QED) is 0.0987. The molecule has 0 atom stereocenters. The molecule has 0 saturated heterocycles. The second-order valence-electron chi connectivity index (χ2n) is 11.5. The predicted molar refractivity (Wildman–Crippen MR) is 195 cm³/mol. The van der Waals surface area contributed by atoms with Crippen LogP contribution in [0.15, 0.2) is 79.0 Å². The van der Waals surface area contributed by atoms with Gasteiger partial charge in [0.1, 0.15) is 12.4 Å². The summed E-state index contributed by atoms with van der Waals surface area (Å²) in [6, 6.07) is 22.9. The number of nitrogens with two attached hydrogens (primary N) is 1. The number of nitrogens with zero attached hydrogens (tertiary/aromatic N) is 2. The van der Waals surface area contributed by atoms with Crippen molar-refractivity contribution in [1.29, 1.82) is 0 Å². The van der Waals surface area contributed by atoms with Gasteiger partial charge in [-0.15, -0.1) is 11.3 Å². The number of carbonyl (C=O) groups is 2. The number of hydrogen-bond donors (Lipinski definition) is 2. The minimum Gasteiger partial charge on any atom is -0.491 e. The Bertz CT molecular complexity index is 1850. The summed E-state index contributed by atoms with van der Waals surface area (Å²) in [5.41, 5.74) is 10.3. The largest absolute Gasteiger partial charge is 0.491 e. The molecule has 2 aromatic heterocycles. The summed E-state index contributed by atoms with van der Waals surface area (Å²) in [6.45, 7) is 8.73. The average molecular weight is 701 g/mol. The van der Waals surface area contributed by atoms with Gasteiger partial charge in [-0.25, -0.2) is 4.98 Å². The number of rotatable bonds is 20. The van der Waals surface area contributed by atoms with E-state index in [4.69, 9.17) is 34.4 Å². The molecule has 0 radical (unpaired) electrons. The van der Waals surface area contributed by atoms with Crippen LogP contribution in [-0.2, 0) is 30.2 Å². The Hall–Kier alpha value is -4.43. The van der Waals surface area contributed by atoms with Gasteiger partial charge in [0, 0.05) is 34.1 Å². The van der Waals surface area contributed by atoms with Crippen molar-refractivity contribution in [2.24, 2.45) is 5.73 Å². The van der Waals surface area contributed by atoms with Crippen molar-refractivity contribution in [1.82, 2.24) is 9.55 Å². The molecule has 3 aromatic carbocycles. The van der Waals surface area contributed by atoms with Crippen molar-refractivity contribution in [3.8, 4) is 17.0 Å². The van der Waals surface area contributed by atoms with Crippen molar-refractivity contribution in [3.05, 3.63) is 101 Å². The highest BCUT2D eigenvalue weighted by Gasteiger charge is 2.17. The molecular formula is C38H44N4O7S. The maximum absolute atomic E-state index is 13.2. The number of fused-ring (bicyclic) bond motifs is 1. The summed E-state index contributed by atoms with van der Waals surface area (Å²) < 4.78 is 29.2. The van der Waals surface area contributed by atoms with Gasteiger partial charge >= 0.3 is 0 Å². The Balaban J connectivity index is 1.05. The minimum absolute atomic E-state index is 0.0660. The van der Waals surface area contributed by atoms with E-state index in [9.17, 15) is 9.59 Å². The zero-order valence-corrected chi connectivity index (χ0v) is 29.3. The zero-order valence-electron chi connectivity index (χ0n) is 28.5. The number of aryl methyl sites for hydroxylation is 2. The van der Waals surface area contributed by atoms with Crippen molar-refractivity contribution in [2.45, 2.75) is 20.3 Å². The fourth-order valence-corrected chi connectivity index (χ4v) is 6.14. The summed E-state index contributed by atoms with van der Waals surface area (Å²) in [6.07, 6.45) is 1.98. The molecule has 3 N–H and O–H groups in total. The molecule has 11 nitrogen and oxygen atoms in total. The number of nitrogens with one attached hydrogen (secondary N) is 1. The van der Waals surface area contributed by atoms with E-state index in [-0.39, 0.29) is 18.2 Å². The van der Waals surface area contributed by atoms with E-state index in [0.29, 0.717) is 82.5 Å². The van der Waals surface area contributed by atoms with Gasteiger partial charge in [-0.2, -0.15) is 0 Å². The molecule has 5 aromatic rings. The van der Waals surface area contributed by atoms with Crippen LogP contribution in [0.5, 0.6) is 5.75 Å². The van der Waals surface area contributed by atoms with Crippen molar-refractivity contribution < 1.29 is 33.3 Å². The topological polar surface area (TPSA) is 136 Å². The molecule has 12 heteroatoms. The van der Waals surface area contributed by atoms with Crippen LogP contribution in [0, 0.1) is 13.8 Å². The van der Waals surface area contributed by atoms with E-state index in [1.54, 1.807) is 10.8 Å². The number of anilines is 1. The standard InChI is InChI=1S/C38H44N4O7S/c1-27-6-3-4-9-33(27)37(44)42-14-12-30-26-31(10-11-34(30)42)36-28(2)50-38(41-36)40-35(43)25-29-7-5-8-32(24-29)49-23-22-48-21-20-47-19-18-46-17-16-45-15-13-39/h3-12,14,24,26H,13,15-23,25,39H2,1-2H3,(H,40,41,43). The minimum atomic E-state index is -0.168. The SMILES string of the molecule is Cc1ccccc1C(=O)n1ccc2cc(-c3nc(NC(=O)Cc4cccc(OCCOCCOCCOCCOCCN)c4)sc3C)ccc21. The Morgan fingerprint density at radius 1 is 0.800 bits per heavy atom. The molecule has 0 aliphatic rings. The molecule has 1 amide bonds. The molecule has 0 aliphatic heterocycles. The third kappa shape index (κ3) is 10.5. The van der Waals surface area contributed by atoms with Gasteiger partial charge in [0.25, 0.3) is 5.91 Å². The molecule has 2 heterocycles. The average Bonchev–Trinajstić information content (AvgIpc) is 3.70. The van der Waals surface area contributed by atoms with E-state index in [1.165, 1.54) is 11.3 Å². The Labute approximate surface area is 296 Å². The van der Waals surface area contributed by atoms with Crippen LogP contribution in [0.25, 0.3) is 22.2 Å². The highest BCUT2D eigenvalue weighted by molar-refractivity contribution is 7.16. The van der Waals surface area contributed by atoms with Crippen LogP contribution in [-0.4, -0.2) is 87.4 Å². The maximum atomic E-state index is 13.2. The molecular weight excluding hydrogens is 657 g/mol. The highest BCUT2D eigenvalue weighted by Crippen LogP contribution is 2.33. The van der Waals surface area contributed by atoms with Gasteiger partial charge in [-0.05, 0) is 61.4 Å². The number of thiazole rings is 1. The second kappa shape index (κ2) is 19.1. The molecule has 0 bridgehead atoms. The number of hydrogen-bond acceptors (Lipinski definition) is 10. The van der Waals surface area contributed by atoms with Crippen LogP contribution >= 0.6 is 11.3 Å². The van der Waals surface area contributed by atoms with Crippen LogP contribution in [0.2, 0.25) is 0 Å². The number of amides is 1. The maximum Gasteiger partial charge on any atom is 0.262 e. The van der Waals surface area contributed by atoms with Crippen LogP contribution in [0.4, 0.5) is 5.13 Å². The molecule has 0 aliphatic carbocycles. The molecule has 0 unspecified atom stereocenters. The number of aromatic nitrogens is 2. The third-order valence-corrected chi connectivity index (χ3v) is 8.62. The monoisotopic (exact) mass is 700 g/mol. The van der Waals surface area contributed by atoms with E-state index >= 15 is 0 Å². The Kier molecular flexibility index (Phi) is 14.1. The van der Waals surface area contributed by atoms with Gasteiger partial charge in [0.15, 0.2) is 5.13 Å². The molecule has 50 heavy (non-hydrogen) atoms. The second-order valence-corrected chi connectivity index (χ2v) is 12.7. The summed E-state index contributed by atoms with van der Waals surface area (Å²) in [4.78, 5) is 31.9. The van der Waals surface area contributed by atoms with Gasteiger partial charge in [-0.1, -0.05) is 36.4 Å². The number of ether oxygens (including phenoxy) is 5. The van der Waals surface area contributed by atoms with Gasteiger partial charge in [-0.3, -0.25) is 14.2 Å². The first-order chi connectivity index (χ1) is 24.4. The van der Waals surface area contributed by atoms with Gasteiger partial charge < -0.3 is 34.7 Å². The summed E-state index contributed by atoms with van der Waals surface area (Å²) in [5.74, 6) is 0.432. The van der Waals surface area contributed by atoms with E-state index < -0.39 is 0 Å². The van der Waals surface area contributed by atoms with Crippen LogP contribution in [0.1, 0.15) is 26.4 Å². The normalized spacial score (nSPS) is 11.3. The number of benzene rings is 3. The zero-order chi connectivity index (χ0) is 35.1. The van der Waals surface area contributed by atoms with Crippen LogP contribution in [0.3, 0.4) is 0 Å². The predicted octanol–water partition coefficient (Wildman–Crippen LogP) is 5.66. The Morgan fingerprint density at radius 2 is 1.50 bits per heavy atom. The van der Waals surface area contributed by atoms with Crippen molar-refractivity contribution >= 4 is 39.2 Å². The molecule has 5 rings (SSSR count). The fraction of sp³-hybridized carbons (Fsp3) is 0.342. The first kappa shape index (κ1) is 36.8. The highest BCUT2D eigenvalue weighted by atomic mass is 32.1. The first-order valence-corrected chi connectivity index (χ1v) is 17.5. The lowest BCUT2D eigenvalue weighted by atomic mass is 10.1. The molecule has 0 spiro atoms. The smallest absolute Gasteiger partial charge is 0.262 e. The van der Waals surface area contributed by atoms with Crippen molar-refractivity contribution in [3.63, 3.8) is 0 Å².